The first kappa shape index (κ1) is 67.6. The fraction of sp³-hybridized carbons (Fsp3) is 0.581. The number of benzene rings is 2. The maximum atomic E-state index is 14.1. The Labute approximate surface area is 529 Å². The third-order valence-electron chi connectivity index (χ3n) is 16.1. The number of rotatable bonds is 8. The van der Waals surface area contributed by atoms with Crippen LogP contribution in [0.4, 0.5) is 9.59 Å². The normalized spacial score (nSPS) is 28.2. The number of carboxylic acids is 2. The van der Waals surface area contributed by atoms with E-state index in [1.54, 1.807) is 61.8 Å². The van der Waals surface area contributed by atoms with Gasteiger partial charge in [-0.1, -0.05) is 72.9 Å². The first-order chi connectivity index (χ1) is 42.1. The number of aliphatic hydroxyl groups is 1. The quantitative estimate of drug-likeness (QED) is 0.0815. The van der Waals surface area contributed by atoms with Crippen LogP contribution in [0.3, 0.4) is 0 Å². The van der Waals surface area contributed by atoms with Gasteiger partial charge in [-0.3, -0.25) is 19.2 Å². The number of carboxylic acid groups (broad SMARTS) is 2. The lowest BCUT2D eigenvalue weighted by Crippen LogP contribution is -2.56. The molecule has 2 aromatic heterocycles. The molecule has 2 saturated heterocycles. The van der Waals surface area contributed by atoms with Crippen molar-refractivity contribution in [3.8, 4) is 16.7 Å². The Balaban J connectivity index is 0.000000198. The van der Waals surface area contributed by atoms with Crippen LogP contribution in [-0.2, 0) is 38.2 Å². The molecule has 6 aliphatic rings. The molecule has 10 rings (SSSR count). The van der Waals surface area contributed by atoms with Gasteiger partial charge in [0.2, 0.25) is 23.6 Å². The fourth-order valence-electron chi connectivity index (χ4n) is 11.3. The molecule has 0 radical (unpaired) electrons. The number of ether oxygens (including phenoxy) is 5. The number of hydrogen-bond acceptors (Lipinski definition) is 18. The Kier molecular flexibility index (Phi) is 21.8. The van der Waals surface area contributed by atoms with Crippen molar-refractivity contribution in [3.05, 3.63) is 65.2 Å². The number of fused-ring (bicyclic) bond motifs is 6. The number of nitrogens with zero attached hydrogens (tertiary/aromatic N) is 4. The minimum absolute atomic E-state index is 0.00688. The zero-order chi connectivity index (χ0) is 64.6. The van der Waals surface area contributed by atoms with Crippen molar-refractivity contribution in [1.29, 1.82) is 0 Å². The summed E-state index contributed by atoms with van der Waals surface area (Å²) in [7, 11) is 3.23. The molecule has 89 heavy (non-hydrogen) atoms. The molecule has 6 heterocycles. The Morgan fingerprint density at radius 1 is 0.652 bits per heavy atom. The maximum absolute atomic E-state index is 14.1. The van der Waals surface area contributed by atoms with Crippen LogP contribution < -0.4 is 35.5 Å². The van der Waals surface area contributed by atoms with Gasteiger partial charge in [-0.2, -0.15) is 0 Å². The second-order valence-electron chi connectivity index (χ2n) is 25.2. The Hall–Kier alpha value is -7.29. The molecular formula is C62H81ClN8O16S2. The molecule has 0 bridgehead atoms. The number of nitrogens with one attached hydrogen (secondary N) is 4. The highest BCUT2D eigenvalue weighted by atomic mass is 35.5. The van der Waals surface area contributed by atoms with Crippen LogP contribution in [0.15, 0.2) is 60.7 Å². The van der Waals surface area contributed by atoms with Gasteiger partial charge in [0.05, 0.1) is 47.3 Å². The molecule has 10 atom stereocenters. The third kappa shape index (κ3) is 17.6. The number of aromatic nitrogens is 2. The average molecular weight is 1290 g/mol. The zero-order valence-corrected chi connectivity index (χ0v) is 53.7. The van der Waals surface area contributed by atoms with Gasteiger partial charge in [0, 0.05) is 31.2 Å². The van der Waals surface area contributed by atoms with Gasteiger partial charge in [-0.15, -0.1) is 11.3 Å². The number of allylic oxidation sites excluding steroid dienone is 2. The standard InChI is InChI=1S/C31H40N4O8S.C23H35N3O7.C8H6ClNOS/c1-30(2,3)43-28(40)32-22-11-9-7-5-6-8-10-18-16-31(18,27(38)39)34-25(36)23-14-20(17-35(23)26(22)37)42-29-33-21-13-12-19(41-4)15-24(21)44-29;1-22(2,3)33-21(32)24-16-10-8-6-4-5-7-9-14-12-23(14,20(30)31)25-18(28)17-11-15(27)13-26(17)19(16)29;1-11-5-2-3-6-7(4-5)12-8(9)10-6/h8,10,12-13,15,18,20,22-23H,5-7,9,11,14,16-17H2,1-4H3,(H,32,40)(H,34,36)(H,38,39);7,9,14-17,27H,4-6,8,10-13H2,1-3H3,(H,24,32)(H,25,28)(H,30,31);2-4H,1H3/b10-8-;9-7-;/t18-,20-,22+,23+,31-;14-,15-,16+,17+,23-;/m11./s1. The lowest BCUT2D eigenvalue weighted by molar-refractivity contribution is -0.146. The van der Waals surface area contributed by atoms with E-state index in [0.29, 0.717) is 41.1 Å². The van der Waals surface area contributed by atoms with E-state index < -0.39 is 106 Å². The van der Waals surface area contributed by atoms with Gasteiger partial charge >= 0.3 is 24.1 Å². The van der Waals surface area contributed by atoms with Crippen molar-refractivity contribution in [3.63, 3.8) is 0 Å². The zero-order valence-electron chi connectivity index (χ0n) is 51.3. The SMILES string of the molecule is CC(C)(C)OC(=O)N[C@H]1CCCCC/C=C\[C@@H]2C[C@@]2(C(=O)O)NC(=O)[C@@H]2C[C@@H](O)CN2C1=O.COc1ccc2nc(Cl)sc2c1.COc1ccc2nc(O[C@@H]3C[C@H]4C(=O)N[C@]5(C(=O)O)C[C@H]5/C=C\CCCCC[C@H](NC(=O)OC(C)(C)C)C(=O)N4C3)sc2c1. The van der Waals surface area contributed by atoms with Crippen LogP contribution >= 0.6 is 34.3 Å². The molecule has 4 fully saturated rings. The molecule has 4 aromatic rings. The van der Waals surface area contributed by atoms with Gasteiger partial charge in [-0.25, -0.2) is 29.1 Å². The first-order valence-corrected chi connectivity index (χ1v) is 32.1. The van der Waals surface area contributed by atoms with Crippen LogP contribution in [-0.4, -0.2) is 169 Å². The number of carbonyl (C=O) groups is 8. The van der Waals surface area contributed by atoms with Gasteiger partial charge in [0.25, 0.3) is 5.19 Å². The van der Waals surface area contributed by atoms with Crippen LogP contribution in [0.5, 0.6) is 16.7 Å². The number of hydrogen-bond donors (Lipinski definition) is 7. The number of amides is 6. The Morgan fingerprint density at radius 3 is 1.58 bits per heavy atom. The van der Waals surface area contributed by atoms with Crippen LogP contribution in [0, 0.1) is 11.8 Å². The van der Waals surface area contributed by atoms with Crippen LogP contribution in [0.2, 0.25) is 4.47 Å². The number of methoxy groups -OCH3 is 2. The van der Waals surface area contributed by atoms with E-state index in [9.17, 15) is 53.7 Å². The predicted octanol–water partition coefficient (Wildman–Crippen LogP) is 8.31. The molecule has 0 unspecified atom stereocenters. The molecule has 2 aromatic carbocycles. The number of aliphatic hydroxyl groups excluding tert-OH is 1. The predicted molar refractivity (Wildman–Crippen MR) is 332 cm³/mol. The summed E-state index contributed by atoms with van der Waals surface area (Å²) in [4.78, 5) is 115. The fourth-order valence-corrected chi connectivity index (χ4v) is 13.3. The molecule has 484 valence electrons. The summed E-state index contributed by atoms with van der Waals surface area (Å²) in [6.07, 6.45) is 12.3. The lowest BCUT2D eigenvalue weighted by atomic mass is 10.0. The van der Waals surface area contributed by atoms with Crippen LogP contribution in [0.25, 0.3) is 20.4 Å². The van der Waals surface area contributed by atoms with Crippen molar-refractivity contribution < 1.29 is 77.4 Å². The highest BCUT2D eigenvalue weighted by Gasteiger charge is 2.63. The summed E-state index contributed by atoms with van der Waals surface area (Å²) in [6.45, 7) is 10.4. The third-order valence-corrected chi connectivity index (χ3v) is 18.1. The van der Waals surface area contributed by atoms with Crippen molar-refractivity contribution in [2.24, 2.45) is 11.8 Å². The molecular weight excluding hydrogens is 1210 g/mol. The monoisotopic (exact) mass is 1290 g/mol. The Morgan fingerprint density at radius 2 is 1.11 bits per heavy atom. The molecule has 6 amide bonds. The summed E-state index contributed by atoms with van der Waals surface area (Å²) >= 11 is 8.53. The molecule has 27 heteroatoms. The highest BCUT2D eigenvalue weighted by molar-refractivity contribution is 7.22. The molecule has 0 spiro atoms. The van der Waals surface area contributed by atoms with Crippen molar-refractivity contribution in [2.75, 3.05) is 27.3 Å². The number of halogens is 1. The van der Waals surface area contributed by atoms with Gasteiger partial charge < -0.3 is 70.1 Å². The van der Waals surface area contributed by atoms with E-state index in [1.165, 1.54) is 32.5 Å². The summed E-state index contributed by atoms with van der Waals surface area (Å²) in [5.41, 5.74) is -2.65. The first-order valence-electron chi connectivity index (χ1n) is 30.0. The topological polar surface area (TPSA) is 324 Å². The van der Waals surface area contributed by atoms with Crippen molar-refractivity contribution in [2.45, 2.75) is 190 Å². The van der Waals surface area contributed by atoms with E-state index in [2.05, 4.69) is 31.2 Å². The molecule has 4 aliphatic heterocycles. The minimum atomic E-state index is -1.42. The second kappa shape index (κ2) is 28.7. The number of alkyl carbamates (subject to hydrolysis) is 2. The van der Waals surface area contributed by atoms with E-state index in [4.69, 9.17) is 35.3 Å². The molecule has 2 aliphatic carbocycles. The smallest absolute Gasteiger partial charge is 0.408 e. The summed E-state index contributed by atoms with van der Waals surface area (Å²) in [5.74, 6) is -3.43. The number of aliphatic carboxylic acids is 2. The van der Waals surface area contributed by atoms with Gasteiger partial charge in [0.15, 0.2) is 4.47 Å². The van der Waals surface area contributed by atoms with Crippen molar-refractivity contribution in [1.82, 2.24) is 41.0 Å². The molecule has 2 saturated carbocycles. The molecule has 7 N–H and O–H groups in total. The maximum Gasteiger partial charge on any atom is 0.408 e. The number of thiazole rings is 2. The van der Waals surface area contributed by atoms with E-state index in [1.807, 2.05) is 54.6 Å². The van der Waals surface area contributed by atoms with Gasteiger partial charge in [0.1, 0.15) is 64.1 Å². The minimum Gasteiger partial charge on any atom is -0.497 e. The van der Waals surface area contributed by atoms with Crippen molar-refractivity contribution >= 4 is 102 Å². The highest BCUT2D eigenvalue weighted by Crippen LogP contribution is 2.47. The Bertz CT molecular complexity index is 3330. The average Bonchev–Trinajstić information content (AvgIpc) is 1.60. The largest absolute Gasteiger partial charge is 0.497 e. The molecule has 24 nitrogen and oxygen atoms in total. The second-order valence-corrected chi connectivity index (χ2v) is 27.8. The van der Waals surface area contributed by atoms with E-state index in [-0.39, 0.29) is 50.6 Å². The van der Waals surface area contributed by atoms with E-state index in [0.717, 1.165) is 64.7 Å². The summed E-state index contributed by atoms with van der Waals surface area (Å²) in [5, 5.41) is 41.1. The lowest BCUT2D eigenvalue weighted by Gasteiger charge is -2.30. The van der Waals surface area contributed by atoms with Crippen LogP contribution in [0.1, 0.15) is 131 Å². The summed E-state index contributed by atoms with van der Waals surface area (Å²) in [6, 6.07) is 7.32. The summed E-state index contributed by atoms with van der Waals surface area (Å²) < 4.78 is 29.8. The van der Waals surface area contributed by atoms with Gasteiger partial charge in [-0.05, 0) is 129 Å². The number of carbonyl (C=O) groups excluding carboxylic acids is 6. The van der Waals surface area contributed by atoms with E-state index >= 15 is 0 Å².